The van der Waals surface area contributed by atoms with Gasteiger partial charge in [0.25, 0.3) is 5.91 Å². The average molecular weight is 373 g/mol. The van der Waals surface area contributed by atoms with Crippen LogP contribution in [-0.4, -0.2) is 36.8 Å². The fraction of sp³-hybridized carbons (Fsp3) is 0.368. The number of carbonyl (C=O) groups excluding carboxylic acids is 1. The maximum absolute atomic E-state index is 12.5. The van der Waals surface area contributed by atoms with Gasteiger partial charge in [-0.2, -0.15) is 0 Å². The molecule has 3 rings (SSSR count). The van der Waals surface area contributed by atoms with Gasteiger partial charge in [0, 0.05) is 24.3 Å². The van der Waals surface area contributed by atoms with Crippen molar-refractivity contribution in [2.24, 2.45) is 0 Å². The Morgan fingerprint density at radius 2 is 2.00 bits per heavy atom. The first-order valence-electron chi connectivity index (χ1n) is 8.69. The summed E-state index contributed by atoms with van der Waals surface area (Å²) in [5, 5.41) is 0. The van der Waals surface area contributed by atoms with Gasteiger partial charge in [-0.05, 0) is 62.6 Å². The Hall–Kier alpha value is -2.25. The van der Waals surface area contributed by atoms with Crippen molar-refractivity contribution in [3.8, 4) is 0 Å². The molecule has 1 aromatic carbocycles. The molecular formula is C19H23N3O3S. The van der Waals surface area contributed by atoms with Crippen molar-refractivity contribution < 1.29 is 13.2 Å². The van der Waals surface area contributed by atoms with Crippen LogP contribution in [0.3, 0.4) is 0 Å². The molecule has 26 heavy (non-hydrogen) atoms. The second-order valence-electron chi connectivity index (χ2n) is 6.61. The molecule has 0 aliphatic carbocycles. The molecular weight excluding hydrogens is 350 g/mol. The molecule has 1 amide bonds. The second-order valence-corrected chi connectivity index (χ2v) is 8.37. The van der Waals surface area contributed by atoms with E-state index in [9.17, 15) is 13.2 Å². The monoisotopic (exact) mass is 373 g/mol. The van der Waals surface area contributed by atoms with E-state index in [4.69, 9.17) is 0 Å². The number of likely N-dealkylation sites (tertiary alicyclic amines) is 1. The molecule has 2 heterocycles. The molecule has 0 bridgehead atoms. The van der Waals surface area contributed by atoms with Crippen LogP contribution in [0.1, 0.15) is 41.4 Å². The fourth-order valence-electron chi connectivity index (χ4n) is 3.13. The number of sulfonamides is 1. The Balaban J connectivity index is 1.71. The molecule has 138 valence electrons. The van der Waals surface area contributed by atoms with Crippen LogP contribution in [-0.2, 0) is 16.6 Å². The smallest absolute Gasteiger partial charge is 0.254 e. The third-order valence-electron chi connectivity index (χ3n) is 4.77. The summed E-state index contributed by atoms with van der Waals surface area (Å²) in [6.07, 6.45) is 3.65. The summed E-state index contributed by atoms with van der Waals surface area (Å²) in [5.74, 6) is -0.0454. The summed E-state index contributed by atoms with van der Waals surface area (Å²) in [4.78, 5) is 18.7. The number of nitrogens with zero attached hydrogens (tertiary/aromatic N) is 2. The fourth-order valence-corrected chi connectivity index (χ4v) is 4.12. The zero-order valence-electron chi connectivity index (χ0n) is 15.0. The molecule has 0 saturated carbocycles. The molecule has 1 saturated heterocycles. The van der Waals surface area contributed by atoms with Crippen LogP contribution in [0.15, 0.2) is 47.5 Å². The number of nitrogens with one attached hydrogen (secondary N) is 1. The predicted octanol–water partition coefficient (Wildman–Crippen LogP) is 2.49. The molecule has 2 aromatic rings. The van der Waals surface area contributed by atoms with E-state index in [1.165, 1.54) is 12.1 Å². The number of carbonyl (C=O) groups is 1. The van der Waals surface area contributed by atoms with Crippen molar-refractivity contribution in [3.63, 3.8) is 0 Å². The first kappa shape index (κ1) is 18.5. The first-order chi connectivity index (χ1) is 12.4. The van der Waals surface area contributed by atoms with Gasteiger partial charge in [-0.15, -0.1) is 0 Å². The quantitative estimate of drug-likeness (QED) is 0.873. The lowest BCUT2D eigenvalue weighted by molar-refractivity contribution is 0.0747. The highest BCUT2D eigenvalue weighted by Crippen LogP contribution is 2.20. The Morgan fingerprint density at radius 3 is 2.62 bits per heavy atom. The minimum absolute atomic E-state index is 0.0454. The van der Waals surface area contributed by atoms with Crippen LogP contribution >= 0.6 is 0 Å². The number of aryl methyl sites for hydroxylation is 1. The third-order valence-corrected chi connectivity index (χ3v) is 6.19. The summed E-state index contributed by atoms with van der Waals surface area (Å²) in [7, 11) is -3.66. The van der Waals surface area contributed by atoms with Crippen LogP contribution in [0, 0.1) is 6.92 Å². The van der Waals surface area contributed by atoms with Gasteiger partial charge in [0.05, 0.1) is 17.1 Å². The number of amides is 1. The summed E-state index contributed by atoms with van der Waals surface area (Å²) in [6.45, 7) is 4.80. The van der Waals surface area contributed by atoms with Crippen molar-refractivity contribution in [3.05, 3.63) is 59.4 Å². The van der Waals surface area contributed by atoms with E-state index >= 15 is 0 Å². The van der Waals surface area contributed by atoms with Crippen molar-refractivity contribution >= 4 is 15.9 Å². The molecule has 0 unspecified atom stereocenters. The molecule has 1 aromatic heterocycles. The van der Waals surface area contributed by atoms with Crippen LogP contribution in [0.5, 0.6) is 0 Å². The Labute approximate surface area is 154 Å². The predicted molar refractivity (Wildman–Crippen MR) is 99.2 cm³/mol. The van der Waals surface area contributed by atoms with E-state index in [-0.39, 0.29) is 23.4 Å². The highest BCUT2D eigenvalue weighted by molar-refractivity contribution is 7.89. The summed E-state index contributed by atoms with van der Waals surface area (Å²) >= 11 is 0. The van der Waals surface area contributed by atoms with Crippen molar-refractivity contribution in [1.29, 1.82) is 0 Å². The van der Waals surface area contributed by atoms with Gasteiger partial charge < -0.3 is 4.90 Å². The number of benzene rings is 1. The van der Waals surface area contributed by atoms with Gasteiger partial charge >= 0.3 is 0 Å². The molecule has 7 heteroatoms. The Morgan fingerprint density at radius 1 is 1.27 bits per heavy atom. The van der Waals surface area contributed by atoms with E-state index in [1.54, 1.807) is 18.3 Å². The van der Waals surface area contributed by atoms with Crippen LogP contribution in [0.4, 0.5) is 0 Å². The molecule has 1 aliphatic heterocycles. The van der Waals surface area contributed by atoms with Crippen molar-refractivity contribution in [1.82, 2.24) is 14.6 Å². The van der Waals surface area contributed by atoms with Gasteiger partial charge in [-0.25, -0.2) is 13.1 Å². The molecule has 1 fully saturated rings. The number of hydrogen-bond acceptors (Lipinski definition) is 4. The van der Waals surface area contributed by atoms with E-state index in [2.05, 4.69) is 9.71 Å². The maximum Gasteiger partial charge on any atom is 0.254 e. The number of pyridine rings is 1. The van der Waals surface area contributed by atoms with Crippen LogP contribution in [0.2, 0.25) is 0 Å². The topological polar surface area (TPSA) is 79.4 Å². The average Bonchev–Trinajstić information content (AvgIpc) is 3.06. The Kier molecular flexibility index (Phi) is 5.38. The van der Waals surface area contributed by atoms with E-state index < -0.39 is 10.0 Å². The van der Waals surface area contributed by atoms with Gasteiger partial charge in [-0.1, -0.05) is 6.07 Å². The number of rotatable bonds is 5. The summed E-state index contributed by atoms with van der Waals surface area (Å²) in [6, 6.07) is 10.0. The maximum atomic E-state index is 12.5. The lowest BCUT2D eigenvalue weighted by Gasteiger charge is -2.21. The lowest BCUT2D eigenvalue weighted by atomic mass is 10.2. The van der Waals surface area contributed by atoms with Gasteiger partial charge in [0.2, 0.25) is 10.0 Å². The van der Waals surface area contributed by atoms with Gasteiger partial charge in [-0.3, -0.25) is 9.78 Å². The largest absolute Gasteiger partial charge is 0.336 e. The van der Waals surface area contributed by atoms with E-state index in [0.717, 1.165) is 24.9 Å². The summed E-state index contributed by atoms with van der Waals surface area (Å²) in [5.41, 5.74) is 2.13. The minimum atomic E-state index is -3.66. The van der Waals surface area contributed by atoms with Gasteiger partial charge in [0.15, 0.2) is 0 Å². The summed E-state index contributed by atoms with van der Waals surface area (Å²) < 4.78 is 27.5. The molecule has 0 spiro atoms. The lowest BCUT2D eigenvalue weighted by Crippen LogP contribution is -2.33. The zero-order chi connectivity index (χ0) is 18.7. The highest BCUT2D eigenvalue weighted by atomic mass is 32.2. The molecule has 0 radical (unpaired) electrons. The van der Waals surface area contributed by atoms with Crippen LogP contribution < -0.4 is 4.72 Å². The SMILES string of the molecule is Cc1cccnc1CNS(=O)(=O)c1ccc(C(=O)N2CCC[C@@H]2C)cc1. The minimum Gasteiger partial charge on any atom is -0.336 e. The second kappa shape index (κ2) is 7.55. The first-order valence-corrected chi connectivity index (χ1v) is 10.2. The number of hydrogen-bond donors (Lipinski definition) is 1. The standard InChI is InChI=1S/C19H23N3O3S/c1-14-5-3-11-20-18(14)13-21-26(24,25)17-9-7-16(8-10-17)19(23)22-12-4-6-15(22)2/h3,5,7-11,15,21H,4,6,12-13H2,1-2H3/t15-/m0/s1. The molecule has 1 N–H and O–H groups in total. The third kappa shape index (κ3) is 3.94. The molecule has 1 atom stereocenters. The Bertz CT molecular complexity index is 895. The molecule has 1 aliphatic rings. The van der Waals surface area contributed by atoms with E-state index in [0.29, 0.717) is 11.3 Å². The van der Waals surface area contributed by atoms with Crippen molar-refractivity contribution in [2.75, 3.05) is 6.54 Å². The normalized spacial score (nSPS) is 17.5. The zero-order valence-corrected chi connectivity index (χ0v) is 15.8. The van der Waals surface area contributed by atoms with E-state index in [1.807, 2.05) is 30.9 Å². The van der Waals surface area contributed by atoms with Crippen molar-refractivity contribution in [2.45, 2.75) is 44.2 Å². The van der Waals surface area contributed by atoms with Crippen LogP contribution in [0.25, 0.3) is 0 Å². The van der Waals surface area contributed by atoms with Gasteiger partial charge in [0.1, 0.15) is 0 Å². The molecule has 6 nitrogen and oxygen atoms in total. The number of aromatic nitrogens is 1. The highest BCUT2D eigenvalue weighted by Gasteiger charge is 2.26.